The Morgan fingerprint density at radius 1 is 1.30 bits per heavy atom. The van der Waals surface area contributed by atoms with Crippen molar-refractivity contribution in [3.05, 3.63) is 53.4 Å². The number of aryl methyl sites for hydroxylation is 1. The van der Waals surface area contributed by atoms with E-state index in [0.717, 1.165) is 18.4 Å². The molecule has 0 unspecified atom stereocenters. The van der Waals surface area contributed by atoms with Gasteiger partial charge in [-0.1, -0.05) is 35.5 Å². The third-order valence-electron chi connectivity index (χ3n) is 3.69. The molecule has 1 saturated carbocycles. The van der Waals surface area contributed by atoms with E-state index in [1.54, 1.807) is 13.0 Å². The van der Waals surface area contributed by atoms with Crippen molar-refractivity contribution in [1.29, 1.82) is 0 Å². The Morgan fingerprint density at radius 3 is 2.65 bits per heavy atom. The third-order valence-corrected chi connectivity index (χ3v) is 3.69. The lowest BCUT2D eigenvalue weighted by Gasteiger charge is -2.18. The van der Waals surface area contributed by atoms with Crippen molar-refractivity contribution in [2.75, 3.05) is 0 Å². The molecule has 2 N–H and O–H groups in total. The van der Waals surface area contributed by atoms with E-state index in [4.69, 9.17) is 4.52 Å². The van der Waals surface area contributed by atoms with Crippen LogP contribution in [-0.2, 0) is 11.2 Å². The van der Waals surface area contributed by atoms with Gasteiger partial charge in [-0.3, -0.25) is 9.59 Å². The van der Waals surface area contributed by atoms with Crippen LogP contribution in [0.3, 0.4) is 0 Å². The lowest BCUT2D eigenvalue weighted by atomic mass is 10.0. The summed E-state index contributed by atoms with van der Waals surface area (Å²) in [5.74, 6) is -0.0177. The zero-order chi connectivity index (χ0) is 16.2. The maximum absolute atomic E-state index is 12.4. The third kappa shape index (κ3) is 4.18. The molecule has 1 aliphatic carbocycles. The number of nitrogens with one attached hydrogen (secondary N) is 2. The fourth-order valence-electron chi connectivity index (χ4n) is 2.29. The molecule has 1 fully saturated rings. The zero-order valence-corrected chi connectivity index (χ0v) is 12.9. The van der Waals surface area contributed by atoms with E-state index in [2.05, 4.69) is 15.8 Å². The minimum absolute atomic E-state index is 0.162. The number of carbonyl (C=O) groups excluding carboxylic acids is 2. The monoisotopic (exact) mass is 313 g/mol. The predicted octanol–water partition coefficient (Wildman–Crippen LogP) is 1.60. The summed E-state index contributed by atoms with van der Waals surface area (Å²) in [6.07, 6.45) is 2.43. The molecule has 1 aromatic heterocycles. The molecule has 2 aromatic rings. The average molecular weight is 313 g/mol. The summed E-state index contributed by atoms with van der Waals surface area (Å²) < 4.78 is 4.91. The van der Waals surface area contributed by atoms with Crippen molar-refractivity contribution < 1.29 is 14.1 Å². The molecule has 0 radical (unpaired) electrons. The second-order valence-corrected chi connectivity index (χ2v) is 5.82. The van der Waals surface area contributed by atoms with Crippen LogP contribution in [0.2, 0.25) is 0 Å². The lowest BCUT2D eigenvalue weighted by molar-refractivity contribution is -0.123. The topological polar surface area (TPSA) is 84.2 Å². The van der Waals surface area contributed by atoms with Gasteiger partial charge in [0.15, 0.2) is 5.69 Å². The van der Waals surface area contributed by atoms with Crippen LogP contribution in [0.25, 0.3) is 0 Å². The minimum atomic E-state index is -0.637. The quantitative estimate of drug-likeness (QED) is 0.848. The Bertz CT molecular complexity index is 692. The van der Waals surface area contributed by atoms with E-state index in [-0.39, 0.29) is 17.6 Å². The first-order valence-corrected chi connectivity index (χ1v) is 7.70. The van der Waals surface area contributed by atoms with Gasteiger partial charge in [-0.25, -0.2) is 0 Å². The van der Waals surface area contributed by atoms with Crippen LogP contribution in [0, 0.1) is 6.92 Å². The van der Waals surface area contributed by atoms with Crippen LogP contribution in [0.4, 0.5) is 0 Å². The molecule has 23 heavy (non-hydrogen) atoms. The van der Waals surface area contributed by atoms with Crippen molar-refractivity contribution in [3.63, 3.8) is 0 Å². The van der Waals surface area contributed by atoms with Gasteiger partial charge in [-0.2, -0.15) is 0 Å². The van der Waals surface area contributed by atoms with Crippen molar-refractivity contribution in [2.45, 2.75) is 38.3 Å². The number of nitrogens with zero attached hydrogens (tertiary/aromatic N) is 1. The van der Waals surface area contributed by atoms with Gasteiger partial charge in [0.25, 0.3) is 5.91 Å². The highest BCUT2D eigenvalue weighted by molar-refractivity contribution is 5.96. The van der Waals surface area contributed by atoms with Crippen LogP contribution in [0.1, 0.15) is 34.7 Å². The molecule has 0 bridgehead atoms. The largest absolute Gasteiger partial charge is 0.361 e. The number of hydrogen-bond donors (Lipinski definition) is 2. The number of hydrogen-bond acceptors (Lipinski definition) is 4. The number of aromatic nitrogens is 1. The Hall–Kier alpha value is -2.63. The van der Waals surface area contributed by atoms with Gasteiger partial charge in [0.05, 0.1) is 0 Å². The highest BCUT2D eigenvalue weighted by Crippen LogP contribution is 2.19. The molecule has 1 heterocycles. The first-order chi connectivity index (χ1) is 11.1. The fraction of sp³-hybridized carbons (Fsp3) is 0.353. The standard InChI is InChI=1S/C17H19N3O3/c1-11-9-15(20-23-11)17(22)19-14(16(21)18-13-7-8-13)10-12-5-3-2-4-6-12/h2-6,9,13-14H,7-8,10H2,1H3,(H,18,21)(H,19,22)/t14-/m1/s1. The van der Waals surface area contributed by atoms with Crippen molar-refractivity contribution >= 4 is 11.8 Å². The number of benzene rings is 1. The highest BCUT2D eigenvalue weighted by Gasteiger charge is 2.29. The van der Waals surface area contributed by atoms with Gasteiger partial charge in [0, 0.05) is 18.5 Å². The zero-order valence-electron chi connectivity index (χ0n) is 12.9. The van der Waals surface area contributed by atoms with Crippen LogP contribution in [0.5, 0.6) is 0 Å². The normalized spacial score (nSPS) is 15.0. The maximum Gasteiger partial charge on any atom is 0.274 e. The Balaban J connectivity index is 1.71. The molecule has 1 atom stereocenters. The van der Waals surface area contributed by atoms with Crippen LogP contribution < -0.4 is 10.6 Å². The van der Waals surface area contributed by atoms with Crippen LogP contribution in [-0.4, -0.2) is 29.1 Å². The molecule has 6 heteroatoms. The van der Waals surface area contributed by atoms with Crippen LogP contribution in [0.15, 0.2) is 40.9 Å². The first kappa shape index (κ1) is 15.3. The molecule has 120 valence electrons. The van der Waals surface area contributed by atoms with Gasteiger partial charge in [-0.15, -0.1) is 0 Å². The Morgan fingerprint density at radius 2 is 2.04 bits per heavy atom. The van der Waals surface area contributed by atoms with Crippen molar-refractivity contribution in [3.8, 4) is 0 Å². The molecule has 6 nitrogen and oxygen atoms in total. The van der Waals surface area contributed by atoms with E-state index in [1.807, 2.05) is 30.3 Å². The Kier molecular flexibility index (Phi) is 4.41. The first-order valence-electron chi connectivity index (χ1n) is 7.70. The predicted molar refractivity (Wildman–Crippen MR) is 83.8 cm³/mol. The van der Waals surface area contributed by atoms with E-state index in [0.29, 0.717) is 12.2 Å². The van der Waals surface area contributed by atoms with Crippen molar-refractivity contribution in [2.24, 2.45) is 0 Å². The summed E-state index contributed by atoms with van der Waals surface area (Å²) in [5, 5.41) is 9.38. The molecule has 1 aromatic carbocycles. The molecule has 0 aliphatic heterocycles. The van der Waals surface area contributed by atoms with Gasteiger partial charge in [0.1, 0.15) is 11.8 Å². The second kappa shape index (κ2) is 6.64. The van der Waals surface area contributed by atoms with Gasteiger partial charge in [-0.05, 0) is 25.3 Å². The van der Waals surface area contributed by atoms with Gasteiger partial charge < -0.3 is 15.2 Å². The van der Waals surface area contributed by atoms with E-state index in [9.17, 15) is 9.59 Å². The lowest BCUT2D eigenvalue weighted by Crippen LogP contribution is -2.48. The molecule has 3 rings (SSSR count). The highest BCUT2D eigenvalue weighted by atomic mass is 16.5. The number of carbonyl (C=O) groups is 2. The molecular weight excluding hydrogens is 294 g/mol. The number of amides is 2. The van der Waals surface area contributed by atoms with Gasteiger partial charge >= 0.3 is 0 Å². The Labute approximate surface area is 134 Å². The summed E-state index contributed by atoms with van der Waals surface area (Å²) in [5.41, 5.74) is 1.17. The molecule has 1 aliphatic rings. The summed E-state index contributed by atoms with van der Waals surface area (Å²) in [4.78, 5) is 24.7. The SMILES string of the molecule is Cc1cc(C(=O)N[C@H](Cc2ccccc2)C(=O)NC2CC2)no1. The van der Waals surface area contributed by atoms with Crippen LogP contribution >= 0.6 is 0 Å². The van der Waals surface area contributed by atoms with E-state index < -0.39 is 11.9 Å². The molecule has 0 saturated heterocycles. The summed E-state index contributed by atoms with van der Waals surface area (Å²) >= 11 is 0. The summed E-state index contributed by atoms with van der Waals surface area (Å²) in [6.45, 7) is 1.71. The van der Waals surface area contributed by atoms with E-state index in [1.165, 1.54) is 0 Å². The smallest absolute Gasteiger partial charge is 0.274 e. The van der Waals surface area contributed by atoms with E-state index >= 15 is 0 Å². The molecular formula is C17H19N3O3. The number of rotatable bonds is 6. The second-order valence-electron chi connectivity index (χ2n) is 5.82. The molecule has 2 amide bonds. The van der Waals surface area contributed by atoms with Gasteiger partial charge in [0.2, 0.25) is 5.91 Å². The molecule has 0 spiro atoms. The maximum atomic E-state index is 12.4. The fourth-order valence-corrected chi connectivity index (χ4v) is 2.29. The minimum Gasteiger partial charge on any atom is -0.361 e. The summed E-state index contributed by atoms with van der Waals surface area (Å²) in [6, 6.07) is 10.8. The van der Waals surface area contributed by atoms with Crippen molar-refractivity contribution in [1.82, 2.24) is 15.8 Å². The summed E-state index contributed by atoms with van der Waals surface area (Å²) in [7, 11) is 0. The average Bonchev–Trinajstić information content (AvgIpc) is 3.25.